The summed E-state index contributed by atoms with van der Waals surface area (Å²) in [7, 11) is 0. The minimum absolute atomic E-state index is 0.127. The van der Waals surface area contributed by atoms with Crippen molar-refractivity contribution in [1.29, 1.82) is 0 Å². The van der Waals surface area contributed by atoms with Crippen molar-refractivity contribution in [2.24, 2.45) is 0 Å². The second-order valence-electron chi connectivity index (χ2n) is 4.89. The number of rotatable bonds is 3. The van der Waals surface area contributed by atoms with Crippen molar-refractivity contribution in [2.45, 2.75) is 24.2 Å². The van der Waals surface area contributed by atoms with E-state index >= 15 is 0 Å². The van der Waals surface area contributed by atoms with Crippen LogP contribution >= 0.6 is 11.8 Å². The van der Waals surface area contributed by atoms with Gasteiger partial charge in [0.25, 0.3) is 0 Å². The molecule has 2 heteroatoms. The first-order valence-corrected chi connectivity index (χ1v) is 7.81. The second-order valence-corrected chi connectivity index (χ2v) is 5.77. The molecular formula is C17H16OS. The number of fused-ring (bicyclic) bond motifs is 1. The predicted molar refractivity (Wildman–Crippen MR) is 80.1 cm³/mol. The van der Waals surface area contributed by atoms with E-state index in [2.05, 4.69) is 12.1 Å². The molecule has 0 saturated heterocycles. The van der Waals surface area contributed by atoms with Gasteiger partial charge in [-0.3, -0.25) is 4.79 Å². The standard InChI is InChI=1S/C17H16OS/c1-19-16-9-7-13(8-10-16)17(18)15-6-5-12-3-2-4-14(12)11-15/h5-11H,2-4H2,1H3. The Morgan fingerprint density at radius 3 is 2.37 bits per heavy atom. The molecule has 2 aromatic rings. The van der Waals surface area contributed by atoms with Crippen molar-refractivity contribution >= 4 is 17.5 Å². The molecule has 0 bridgehead atoms. The smallest absolute Gasteiger partial charge is 0.193 e. The molecule has 0 atom stereocenters. The highest BCUT2D eigenvalue weighted by Crippen LogP contribution is 2.24. The molecule has 0 amide bonds. The first-order chi connectivity index (χ1) is 9.28. The molecule has 1 nitrogen and oxygen atoms in total. The molecule has 1 aliphatic carbocycles. The normalized spacial score (nSPS) is 13.3. The van der Waals surface area contributed by atoms with Crippen molar-refractivity contribution in [3.8, 4) is 0 Å². The molecule has 3 rings (SSSR count). The Balaban J connectivity index is 1.90. The lowest BCUT2D eigenvalue weighted by Crippen LogP contribution is -2.02. The highest BCUT2D eigenvalue weighted by atomic mass is 32.2. The molecule has 2 aromatic carbocycles. The van der Waals surface area contributed by atoms with Crippen molar-refractivity contribution in [3.05, 3.63) is 64.7 Å². The Morgan fingerprint density at radius 2 is 1.63 bits per heavy atom. The Labute approximate surface area is 118 Å². The minimum atomic E-state index is 0.127. The zero-order valence-corrected chi connectivity index (χ0v) is 11.8. The lowest BCUT2D eigenvalue weighted by molar-refractivity contribution is 0.103. The quantitative estimate of drug-likeness (QED) is 0.615. The fraction of sp³-hybridized carbons (Fsp3) is 0.235. The summed E-state index contributed by atoms with van der Waals surface area (Å²) in [5.41, 5.74) is 4.36. The van der Waals surface area contributed by atoms with E-state index in [-0.39, 0.29) is 5.78 Å². The SMILES string of the molecule is CSc1ccc(C(=O)c2ccc3c(c2)CCC3)cc1. The summed E-state index contributed by atoms with van der Waals surface area (Å²) < 4.78 is 0. The van der Waals surface area contributed by atoms with Crippen LogP contribution in [0.5, 0.6) is 0 Å². The Kier molecular flexibility index (Phi) is 3.43. The summed E-state index contributed by atoms with van der Waals surface area (Å²) in [4.78, 5) is 13.6. The molecule has 0 heterocycles. The second kappa shape index (κ2) is 5.22. The maximum atomic E-state index is 12.4. The summed E-state index contributed by atoms with van der Waals surface area (Å²) >= 11 is 1.69. The third-order valence-electron chi connectivity index (χ3n) is 3.71. The highest BCUT2D eigenvalue weighted by molar-refractivity contribution is 7.98. The van der Waals surface area contributed by atoms with Crippen molar-refractivity contribution in [1.82, 2.24) is 0 Å². The molecule has 0 radical (unpaired) electrons. The predicted octanol–water partition coefficient (Wildman–Crippen LogP) is 4.13. The van der Waals surface area contributed by atoms with Crippen LogP contribution in [-0.2, 0) is 12.8 Å². The molecule has 0 N–H and O–H groups in total. The van der Waals surface area contributed by atoms with Crippen LogP contribution in [0.2, 0.25) is 0 Å². The molecule has 19 heavy (non-hydrogen) atoms. The van der Waals surface area contributed by atoms with Crippen LogP contribution < -0.4 is 0 Å². The van der Waals surface area contributed by atoms with E-state index in [1.54, 1.807) is 11.8 Å². The zero-order chi connectivity index (χ0) is 13.2. The fourth-order valence-electron chi connectivity index (χ4n) is 2.62. The van der Waals surface area contributed by atoms with E-state index in [1.165, 1.54) is 22.4 Å². The lowest BCUT2D eigenvalue weighted by Gasteiger charge is -2.05. The average Bonchev–Trinajstić information content (AvgIpc) is 2.94. The molecule has 0 saturated carbocycles. The van der Waals surface area contributed by atoms with Gasteiger partial charge in [-0.2, -0.15) is 0 Å². The third kappa shape index (κ3) is 2.45. The Bertz CT molecular complexity index is 614. The number of benzene rings is 2. The van der Waals surface area contributed by atoms with E-state index in [1.807, 2.05) is 36.6 Å². The highest BCUT2D eigenvalue weighted by Gasteiger charge is 2.14. The van der Waals surface area contributed by atoms with Crippen LogP contribution in [0, 0.1) is 0 Å². The van der Waals surface area contributed by atoms with E-state index in [4.69, 9.17) is 0 Å². The summed E-state index contributed by atoms with van der Waals surface area (Å²) in [6.07, 6.45) is 5.53. The van der Waals surface area contributed by atoms with E-state index in [0.29, 0.717) is 0 Å². The number of thioether (sulfide) groups is 1. The molecule has 96 valence electrons. The number of aryl methyl sites for hydroxylation is 2. The first-order valence-electron chi connectivity index (χ1n) is 6.58. The van der Waals surface area contributed by atoms with Crippen LogP contribution in [0.3, 0.4) is 0 Å². The zero-order valence-electron chi connectivity index (χ0n) is 11.0. The minimum Gasteiger partial charge on any atom is -0.289 e. The summed E-state index contributed by atoms with van der Waals surface area (Å²) in [5, 5.41) is 0. The van der Waals surface area contributed by atoms with Gasteiger partial charge in [-0.25, -0.2) is 0 Å². The van der Waals surface area contributed by atoms with Gasteiger partial charge < -0.3 is 0 Å². The number of carbonyl (C=O) groups excluding carboxylic acids is 1. The number of ketones is 1. The van der Waals surface area contributed by atoms with Crippen LogP contribution in [0.1, 0.15) is 33.5 Å². The number of carbonyl (C=O) groups is 1. The maximum absolute atomic E-state index is 12.4. The van der Waals surface area contributed by atoms with Crippen molar-refractivity contribution in [3.63, 3.8) is 0 Å². The molecule has 0 spiro atoms. The maximum Gasteiger partial charge on any atom is 0.193 e. The average molecular weight is 268 g/mol. The summed E-state index contributed by atoms with van der Waals surface area (Å²) in [5.74, 6) is 0.127. The van der Waals surface area contributed by atoms with Gasteiger partial charge in [0.2, 0.25) is 0 Å². The fourth-order valence-corrected chi connectivity index (χ4v) is 3.03. The first kappa shape index (κ1) is 12.5. The van der Waals surface area contributed by atoms with E-state index < -0.39 is 0 Å². The van der Waals surface area contributed by atoms with E-state index in [0.717, 1.165) is 24.0 Å². The van der Waals surface area contributed by atoms with Crippen molar-refractivity contribution in [2.75, 3.05) is 6.26 Å². The van der Waals surface area contributed by atoms with Gasteiger partial charge in [0.1, 0.15) is 0 Å². The van der Waals surface area contributed by atoms with Crippen LogP contribution in [-0.4, -0.2) is 12.0 Å². The summed E-state index contributed by atoms with van der Waals surface area (Å²) in [6, 6.07) is 14.0. The monoisotopic (exact) mass is 268 g/mol. The van der Waals surface area contributed by atoms with Crippen LogP contribution in [0.25, 0.3) is 0 Å². The van der Waals surface area contributed by atoms with Gasteiger partial charge >= 0.3 is 0 Å². The molecule has 1 aliphatic rings. The third-order valence-corrected chi connectivity index (χ3v) is 4.46. The molecule has 0 aromatic heterocycles. The van der Waals surface area contributed by atoms with Gasteiger partial charge in [-0.05, 0) is 67.0 Å². The Hall–Kier alpha value is -1.54. The molecule has 0 aliphatic heterocycles. The van der Waals surface area contributed by atoms with E-state index in [9.17, 15) is 4.79 Å². The van der Waals surface area contributed by atoms with Gasteiger partial charge in [-0.1, -0.05) is 12.1 Å². The van der Waals surface area contributed by atoms with Gasteiger partial charge in [0.05, 0.1) is 0 Å². The van der Waals surface area contributed by atoms with Crippen LogP contribution in [0.4, 0.5) is 0 Å². The van der Waals surface area contributed by atoms with Crippen LogP contribution in [0.15, 0.2) is 47.4 Å². The molecular weight excluding hydrogens is 252 g/mol. The summed E-state index contributed by atoms with van der Waals surface area (Å²) in [6.45, 7) is 0. The molecule has 0 unspecified atom stereocenters. The molecule has 0 fully saturated rings. The topological polar surface area (TPSA) is 17.1 Å². The number of hydrogen-bond donors (Lipinski definition) is 0. The van der Waals surface area contributed by atoms with Gasteiger partial charge in [0, 0.05) is 16.0 Å². The number of hydrogen-bond acceptors (Lipinski definition) is 2. The largest absolute Gasteiger partial charge is 0.289 e. The van der Waals surface area contributed by atoms with Gasteiger partial charge in [-0.15, -0.1) is 11.8 Å². The van der Waals surface area contributed by atoms with Gasteiger partial charge in [0.15, 0.2) is 5.78 Å². The lowest BCUT2D eigenvalue weighted by atomic mass is 9.99. The van der Waals surface area contributed by atoms with Crippen molar-refractivity contribution < 1.29 is 4.79 Å². The Morgan fingerprint density at radius 1 is 0.947 bits per heavy atom.